The highest BCUT2D eigenvalue weighted by atomic mass is 32.2. The number of aliphatic carboxylic acids is 2. The lowest BCUT2D eigenvalue weighted by molar-refractivity contribution is -0.193. The zero-order chi connectivity index (χ0) is 28.3. The van der Waals surface area contributed by atoms with E-state index in [1.165, 1.54) is 5.56 Å². The van der Waals surface area contributed by atoms with Gasteiger partial charge in [-0.05, 0) is 44.1 Å². The van der Waals surface area contributed by atoms with Crippen LogP contribution in [0.3, 0.4) is 0 Å². The van der Waals surface area contributed by atoms with Gasteiger partial charge in [0.25, 0.3) is 0 Å². The molecule has 0 fully saturated rings. The molecule has 0 saturated carbocycles. The number of ether oxygens (including phenoxy) is 1. The van der Waals surface area contributed by atoms with E-state index >= 15 is 0 Å². The van der Waals surface area contributed by atoms with Crippen LogP contribution >= 0.6 is 0 Å². The van der Waals surface area contributed by atoms with E-state index in [0.29, 0.717) is 26.3 Å². The summed E-state index contributed by atoms with van der Waals surface area (Å²) in [5.41, 5.74) is 3.27. The summed E-state index contributed by atoms with van der Waals surface area (Å²) in [7, 11) is 0.885. The number of fused-ring (bicyclic) bond motifs is 1. The van der Waals surface area contributed by atoms with Crippen LogP contribution in [-0.4, -0.2) is 96.7 Å². The first-order chi connectivity index (χ1) is 16.3. The minimum absolute atomic E-state index is 0.142. The summed E-state index contributed by atoms with van der Waals surface area (Å²) in [5.74, 6) is -5.37. The van der Waals surface area contributed by atoms with E-state index in [0.717, 1.165) is 24.1 Å². The maximum Gasteiger partial charge on any atom is 0.490 e. The van der Waals surface area contributed by atoms with E-state index in [1.807, 2.05) is 20.3 Å². The molecule has 0 saturated heterocycles. The van der Waals surface area contributed by atoms with E-state index in [-0.39, 0.29) is 5.75 Å². The van der Waals surface area contributed by atoms with Gasteiger partial charge in [0.05, 0.1) is 19.0 Å². The third kappa shape index (κ3) is 12.5. The third-order valence-electron chi connectivity index (χ3n) is 4.38. The zero-order valence-electron chi connectivity index (χ0n) is 19.6. The van der Waals surface area contributed by atoms with Gasteiger partial charge in [0, 0.05) is 32.0 Å². The van der Waals surface area contributed by atoms with Crippen LogP contribution in [0.4, 0.5) is 26.3 Å². The summed E-state index contributed by atoms with van der Waals surface area (Å²) in [6.45, 7) is 4.72. The number of rotatable bonds is 7. The standard InChI is InChI=1S/C15H25N3O3S.2C2HF3O2/c1-4-22(19,20)18-6-5-15-13(11-18)9-16-10-14(15)12-21-8-7-17(2)3;2*3-2(4,5)1(6)7/h9-10H,4-8,11-12H2,1-3H3;2*(H,6,7). The number of alkyl halides is 6. The molecular weight excluding hydrogens is 528 g/mol. The minimum Gasteiger partial charge on any atom is -0.475 e. The Morgan fingerprint density at radius 1 is 1.08 bits per heavy atom. The molecule has 1 aliphatic rings. The Labute approximate surface area is 203 Å². The summed E-state index contributed by atoms with van der Waals surface area (Å²) in [6.07, 6.45) is -5.84. The number of carboxylic acids is 2. The fourth-order valence-electron chi connectivity index (χ4n) is 2.52. The number of pyridine rings is 1. The number of nitrogens with zero attached hydrogens (tertiary/aromatic N) is 3. The molecule has 1 aromatic rings. The fourth-order valence-corrected chi connectivity index (χ4v) is 3.59. The second kappa shape index (κ2) is 14.3. The number of carbonyl (C=O) groups is 2. The van der Waals surface area contributed by atoms with Gasteiger partial charge in [-0.25, -0.2) is 18.0 Å². The minimum atomic E-state index is -5.08. The van der Waals surface area contributed by atoms with Crippen LogP contribution in [0.2, 0.25) is 0 Å². The van der Waals surface area contributed by atoms with Gasteiger partial charge in [0.1, 0.15) is 0 Å². The van der Waals surface area contributed by atoms with Gasteiger partial charge in [-0.1, -0.05) is 0 Å². The summed E-state index contributed by atoms with van der Waals surface area (Å²) in [6, 6.07) is 0. The lowest BCUT2D eigenvalue weighted by Gasteiger charge is -2.28. The topological polar surface area (TPSA) is 137 Å². The predicted molar refractivity (Wildman–Crippen MR) is 113 cm³/mol. The lowest BCUT2D eigenvalue weighted by atomic mass is 9.99. The molecule has 0 atom stereocenters. The first kappa shape index (κ1) is 33.5. The summed E-state index contributed by atoms with van der Waals surface area (Å²) in [5, 5.41) is 14.2. The van der Waals surface area contributed by atoms with E-state index in [4.69, 9.17) is 24.5 Å². The Morgan fingerprint density at radius 3 is 2.00 bits per heavy atom. The molecule has 0 radical (unpaired) electrons. The Kier molecular flexibility index (Phi) is 13.3. The molecule has 0 spiro atoms. The van der Waals surface area contributed by atoms with Crippen LogP contribution in [0.5, 0.6) is 0 Å². The average molecular weight is 555 g/mol. The molecule has 1 aromatic heterocycles. The molecule has 0 amide bonds. The summed E-state index contributed by atoms with van der Waals surface area (Å²) in [4.78, 5) is 24.1. The number of halogens is 6. The van der Waals surface area contributed by atoms with Crippen molar-refractivity contribution in [3.8, 4) is 0 Å². The van der Waals surface area contributed by atoms with E-state index < -0.39 is 34.3 Å². The quantitative estimate of drug-likeness (QED) is 0.383. The Balaban J connectivity index is 0.000000720. The van der Waals surface area contributed by atoms with Gasteiger partial charge in [0.15, 0.2) is 0 Å². The van der Waals surface area contributed by atoms with E-state index in [9.17, 15) is 34.8 Å². The van der Waals surface area contributed by atoms with Crippen molar-refractivity contribution in [2.45, 2.75) is 38.8 Å². The van der Waals surface area contributed by atoms with Crippen molar-refractivity contribution in [1.29, 1.82) is 0 Å². The van der Waals surface area contributed by atoms with Gasteiger partial charge in [-0.2, -0.15) is 30.6 Å². The first-order valence-corrected chi connectivity index (χ1v) is 11.7. The molecule has 1 aliphatic heterocycles. The lowest BCUT2D eigenvalue weighted by Crippen LogP contribution is -2.37. The number of hydrogen-bond acceptors (Lipinski definition) is 7. The van der Waals surface area contributed by atoms with Gasteiger partial charge in [0.2, 0.25) is 10.0 Å². The SMILES string of the molecule is CCS(=O)(=O)N1CCc2c(COCCN(C)C)cncc2C1.O=C(O)C(F)(F)F.O=C(O)C(F)(F)F. The highest BCUT2D eigenvalue weighted by Crippen LogP contribution is 2.24. The Bertz CT molecular complexity index is 945. The van der Waals surface area contributed by atoms with Crippen molar-refractivity contribution in [3.63, 3.8) is 0 Å². The third-order valence-corrected chi connectivity index (χ3v) is 6.21. The molecular formula is C19H27F6N3O7S. The van der Waals surface area contributed by atoms with E-state index in [1.54, 1.807) is 17.4 Å². The van der Waals surface area contributed by atoms with Crippen molar-refractivity contribution >= 4 is 22.0 Å². The fraction of sp³-hybridized carbons (Fsp3) is 0.632. The number of hydrogen-bond donors (Lipinski definition) is 2. The monoisotopic (exact) mass is 555 g/mol. The van der Waals surface area contributed by atoms with Crippen molar-refractivity contribution in [3.05, 3.63) is 29.1 Å². The van der Waals surface area contributed by atoms with Crippen LogP contribution in [0.1, 0.15) is 23.6 Å². The smallest absolute Gasteiger partial charge is 0.475 e. The number of sulfonamides is 1. The normalized spacial score (nSPS) is 14.2. The molecule has 10 nitrogen and oxygen atoms in total. The van der Waals surface area contributed by atoms with Gasteiger partial charge < -0.3 is 19.8 Å². The summed E-state index contributed by atoms with van der Waals surface area (Å²) >= 11 is 0. The van der Waals surface area contributed by atoms with Crippen molar-refractivity contribution in [1.82, 2.24) is 14.2 Å². The van der Waals surface area contributed by atoms with Crippen molar-refractivity contribution in [2.75, 3.05) is 39.5 Å². The van der Waals surface area contributed by atoms with Gasteiger partial charge in [-0.3, -0.25) is 4.98 Å². The molecule has 2 rings (SSSR count). The predicted octanol–water partition coefficient (Wildman–Crippen LogP) is 2.13. The molecule has 0 unspecified atom stereocenters. The Hall–Kier alpha value is -2.50. The molecule has 2 heterocycles. The molecule has 2 N–H and O–H groups in total. The molecule has 0 aromatic carbocycles. The van der Waals surface area contributed by atoms with Crippen LogP contribution in [0.15, 0.2) is 12.4 Å². The van der Waals surface area contributed by atoms with E-state index in [2.05, 4.69) is 9.88 Å². The number of aromatic nitrogens is 1. The highest BCUT2D eigenvalue weighted by Gasteiger charge is 2.38. The first-order valence-electron chi connectivity index (χ1n) is 10.1. The van der Waals surface area contributed by atoms with Crippen molar-refractivity contribution in [2.24, 2.45) is 0 Å². The maximum absolute atomic E-state index is 12.0. The van der Waals surface area contributed by atoms with Crippen LogP contribution in [-0.2, 0) is 43.9 Å². The van der Waals surface area contributed by atoms with Crippen LogP contribution in [0.25, 0.3) is 0 Å². The largest absolute Gasteiger partial charge is 0.490 e. The number of carboxylic acid groups (broad SMARTS) is 2. The Morgan fingerprint density at radius 2 is 1.58 bits per heavy atom. The van der Waals surface area contributed by atoms with Crippen LogP contribution in [0, 0.1) is 0 Å². The van der Waals surface area contributed by atoms with Gasteiger partial charge in [-0.15, -0.1) is 0 Å². The van der Waals surface area contributed by atoms with Crippen molar-refractivity contribution < 1.29 is 59.3 Å². The molecule has 0 aliphatic carbocycles. The maximum atomic E-state index is 12.0. The molecule has 0 bridgehead atoms. The molecule has 36 heavy (non-hydrogen) atoms. The van der Waals surface area contributed by atoms with Crippen LogP contribution < -0.4 is 0 Å². The second-order valence-corrected chi connectivity index (χ2v) is 9.64. The molecule has 208 valence electrons. The number of likely N-dealkylation sites (N-methyl/N-ethyl adjacent to an activating group) is 1. The zero-order valence-corrected chi connectivity index (χ0v) is 20.4. The van der Waals surface area contributed by atoms with Gasteiger partial charge >= 0.3 is 24.3 Å². The molecule has 17 heteroatoms. The summed E-state index contributed by atoms with van der Waals surface area (Å²) < 4.78 is 94.7. The second-order valence-electron chi connectivity index (χ2n) is 7.38. The highest BCUT2D eigenvalue weighted by molar-refractivity contribution is 7.89. The average Bonchev–Trinajstić information content (AvgIpc) is 2.75.